The predicted molar refractivity (Wildman–Crippen MR) is 108 cm³/mol. The lowest BCUT2D eigenvalue weighted by atomic mass is 10.1. The van der Waals surface area contributed by atoms with Gasteiger partial charge in [-0.1, -0.05) is 35.1 Å². The number of fused-ring (bicyclic) bond motifs is 1. The van der Waals surface area contributed by atoms with Gasteiger partial charge in [-0.25, -0.2) is 0 Å². The highest BCUT2D eigenvalue weighted by molar-refractivity contribution is 7.85. The van der Waals surface area contributed by atoms with Gasteiger partial charge in [0.25, 0.3) is 10.1 Å². The topological polar surface area (TPSA) is 92.4 Å². The fraction of sp³-hybridized carbons (Fsp3) is 0.316. The first kappa shape index (κ1) is 21.3. The molecule has 3 aromatic rings. The first-order valence-electron chi connectivity index (χ1n) is 8.31. The van der Waals surface area contributed by atoms with Crippen LogP contribution < -0.4 is 4.80 Å². The smallest absolute Gasteiger partial charge is 0.294 e. The third kappa shape index (κ3) is 5.49. The summed E-state index contributed by atoms with van der Waals surface area (Å²) in [6, 6.07) is 10.3. The molecule has 0 bridgehead atoms. The van der Waals surface area contributed by atoms with Crippen LogP contribution in [-0.2, 0) is 21.4 Å². The summed E-state index contributed by atoms with van der Waals surface area (Å²) in [6.45, 7) is 7.43. The van der Waals surface area contributed by atoms with Gasteiger partial charge in [-0.2, -0.15) is 8.42 Å². The molecule has 8 heteroatoms. The minimum absolute atomic E-state index is 0.0666. The van der Waals surface area contributed by atoms with E-state index in [0.29, 0.717) is 11.4 Å². The predicted octanol–water partition coefficient (Wildman–Crippen LogP) is 3.69. The largest absolute Gasteiger partial charge is 0.383 e. The van der Waals surface area contributed by atoms with Crippen molar-refractivity contribution in [3.8, 4) is 0 Å². The standard InChI is InChI=1S/C12H16N2OS.C7H8O3S/c1-8-6-9(2)11-10(7-8)14(4-5-15-3)12(13)16-11;1-6-2-4-7(5-3-6)11(8,9)10/h6-7,13H,4-5H2,1-3H3;2-5H,1H3,(H,8,9,10). The third-order valence-corrected chi connectivity index (χ3v) is 5.99. The first-order chi connectivity index (χ1) is 12.6. The van der Waals surface area contributed by atoms with Crippen LogP contribution in [0.25, 0.3) is 10.2 Å². The Hall–Kier alpha value is -2.00. The lowest BCUT2D eigenvalue weighted by Crippen LogP contribution is -2.16. The number of benzene rings is 2. The zero-order valence-corrected chi connectivity index (χ0v) is 17.4. The van der Waals surface area contributed by atoms with E-state index in [2.05, 4.69) is 26.0 Å². The van der Waals surface area contributed by atoms with E-state index in [1.165, 1.54) is 39.3 Å². The van der Waals surface area contributed by atoms with Gasteiger partial charge in [0.15, 0.2) is 4.80 Å². The summed E-state index contributed by atoms with van der Waals surface area (Å²) in [5.41, 5.74) is 4.61. The number of nitrogens with zero attached hydrogens (tertiary/aromatic N) is 1. The van der Waals surface area contributed by atoms with E-state index in [4.69, 9.17) is 14.7 Å². The molecule has 27 heavy (non-hydrogen) atoms. The Labute approximate surface area is 163 Å². The molecule has 1 aromatic heterocycles. The SMILES string of the molecule is COCCn1c(=N)sc2c(C)cc(C)cc21.Cc1ccc(S(=O)(=O)O)cc1. The molecule has 6 nitrogen and oxygen atoms in total. The van der Waals surface area contributed by atoms with Gasteiger partial charge >= 0.3 is 0 Å². The van der Waals surface area contributed by atoms with Crippen LogP contribution in [-0.4, -0.2) is 31.3 Å². The van der Waals surface area contributed by atoms with Crippen LogP contribution in [0.2, 0.25) is 0 Å². The summed E-state index contributed by atoms with van der Waals surface area (Å²) in [7, 11) is -2.33. The third-order valence-electron chi connectivity index (χ3n) is 3.97. The number of aryl methyl sites for hydroxylation is 3. The Balaban J connectivity index is 0.000000208. The van der Waals surface area contributed by atoms with Gasteiger partial charge in [-0.15, -0.1) is 0 Å². The van der Waals surface area contributed by atoms with Crippen molar-refractivity contribution < 1.29 is 17.7 Å². The van der Waals surface area contributed by atoms with E-state index in [-0.39, 0.29) is 4.90 Å². The lowest BCUT2D eigenvalue weighted by molar-refractivity contribution is 0.187. The zero-order chi connectivity index (χ0) is 20.2. The quantitative estimate of drug-likeness (QED) is 0.644. The van der Waals surface area contributed by atoms with E-state index in [9.17, 15) is 8.42 Å². The molecule has 3 rings (SSSR count). The number of hydrogen-bond acceptors (Lipinski definition) is 5. The molecule has 0 spiro atoms. The zero-order valence-electron chi connectivity index (χ0n) is 15.8. The molecule has 2 N–H and O–H groups in total. The van der Waals surface area contributed by atoms with E-state index < -0.39 is 10.1 Å². The normalized spacial score (nSPS) is 11.3. The fourth-order valence-corrected chi connectivity index (χ4v) is 4.11. The summed E-state index contributed by atoms with van der Waals surface area (Å²) in [6.07, 6.45) is 0. The van der Waals surface area contributed by atoms with Crippen molar-refractivity contribution in [2.24, 2.45) is 0 Å². The van der Waals surface area contributed by atoms with Crippen molar-refractivity contribution in [1.29, 1.82) is 5.41 Å². The van der Waals surface area contributed by atoms with E-state index in [0.717, 1.165) is 17.6 Å². The Morgan fingerprint density at radius 2 is 1.74 bits per heavy atom. The van der Waals surface area contributed by atoms with Crippen LogP contribution in [0.5, 0.6) is 0 Å². The van der Waals surface area contributed by atoms with Gasteiger partial charge in [0, 0.05) is 13.7 Å². The van der Waals surface area contributed by atoms with E-state index in [1.807, 2.05) is 11.5 Å². The Bertz CT molecular complexity index is 1080. The summed E-state index contributed by atoms with van der Waals surface area (Å²) in [4.78, 5) is 0.531. The van der Waals surface area contributed by atoms with Crippen LogP contribution in [0, 0.1) is 26.2 Å². The number of aromatic nitrogens is 1. The molecule has 0 fully saturated rings. The Kier molecular flexibility index (Phi) is 6.94. The Morgan fingerprint density at radius 3 is 2.30 bits per heavy atom. The van der Waals surface area contributed by atoms with Crippen LogP contribution in [0.15, 0.2) is 41.3 Å². The van der Waals surface area contributed by atoms with E-state index >= 15 is 0 Å². The molecule has 2 aromatic carbocycles. The number of thiazole rings is 1. The highest BCUT2D eigenvalue weighted by Crippen LogP contribution is 2.23. The molecule has 0 unspecified atom stereocenters. The second-order valence-corrected chi connectivity index (χ2v) is 8.69. The molecular formula is C19H24N2O4S2. The molecule has 1 heterocycles. The van der Waals surface area contributed by atoms with Gasteiger partial charge in [0.2, 0.25) is 0 Å². The summed E-state index contributed by atoms with van der Waals surface area (Å²) >= 11 is 1.54. The van der Waals surface area contributed by atoms with Gasteiger partial charge in [-0.3, -0.25) is 9.96 Å². The second-order valence-electron chi connectivity index (χ2n) is 6.27. The second kappa shape index (κ2) is 8.79. The Morgan fingerprint density at radius 1 is 1.11 bits per heavy atom. The maximum absolute atomic E-state index is 10.5. The molecule has 146 valence electrons. The van der Waals surface area contributed by atoms with E-state index in [1.54, 1.807) is 19.2 Å². The molecule has 0 amide bonds. The van der Waals surface area contributed by atoms with Gasteiger partial charge < -0.3 is 9.30 Å². The van der Waals surface area contributed by atoms with Crippen molar-refractivity contribution in [2.75, 3.05) is 13.7 Å². The highest BCUT2D eigenvalue weighted by Gasteiger charge is 2.08. The van der Waals surface area contributed by atoms with Crippen molar-refractivity contribution in [3.63, 3.8) is 0 Å². The van der Waals surface area contributed by atoms with Crippen LogP contribution >= 0.6 is 11.3 Å². The summed E-state index contributed by atoms with van der Waals surface area (Å²) in [5.74, 6) is 0. The van der Waals surface area contributed by atoms with Gasteiger partial charge in [-0.05, 0) is 50.1 Å². The molecule has 0 aliphatic rings. The maximum atomic E-state index is 10.5. The number of ether oxygens (including phenoxy) is 1. The van der Waals surface area contributed by atoms with Crippen LogP contribution in [0.3, 0.4) is 0 Å². The molecular weight excluding hydrogens is 384 g/mol. The first-order valence-corrected chi connectivity index (χ1v) is 10.6. The van der Waals surface area contributed by atoms with Crippen LogP contribution in [0.1, 0.15) is 16.7 Å². The molecule has 0 radical (unpaired) electrons. The maximum Gasteiger partial charge on any atom is 0.294 e. The van der Waals surface area contributed by atoms with Crippen molar-refractivity contribution >= 4 is 31.7 Å². The van der Waals surface area contributed by atoms with Crippen molar-refractivity contribution in [1.82, 2.24) is 4.57 Å². The fourth-order valence-electron chi connectivity index (χ4n) is 2.64. The highest BCUT2D eigenvalue weighted by atomic mass is 32.2. The molecule has 0 saturated carbocycles. The summed E-state index contributed by atoms with van der Waals surface area (Å²) < 4.78 is 37.9. The minimum Gasteiger partial charge on any atom is -0.383 e. The minimum atomic E-state index is -4.02. The summed E-state index contributed by atoms with van der Waals surface area (Å²) in [5, 5.41) is 7.97. The average Bonchev–Trinajstić information content (AvgIpc) is 2.89. The average molecular weight is 409 g/mol. The molecule has 0 saturated heterocycles. The monoisotopic (exact) mass is 408 g/mol. The molecule has 0 atom stereocenters. The number of rotatable bonds is 4. The van der Waals surface area contributed by atoms with Crippen molar-refractivity contribution in [2.45, 2.75) is 32.2 Å². The molecule has 0 aliphatic carbocycles. The van der Waals surface area contributed by atoms with Crippen LogP contribution in [0.4, 0.5) is 0 Å². The van der Waals surface area contributed by atoms with Gasteiger partial charge in [0.1, 0.15) is 0 Å². The number of hydrogen-bond donors (Lipinski definition) is 2. The van der Waals surface area contributed by atoms with Gasteiger partial charge in [0.05, 0.1) is 21.7 Å². The molecule has 0 aliphatic heterocycles. The van der Waals surface area contributed by atoms with Crippen molar-refractivity contribution in [3.05, 3.63) is 57.9 Å². The number of methoxy groups -OCH3 is 1. The lowest BCUT2D eigenvalue weighted by Gasteiger charge is -2.05. The number of nitrogens with one attached hydrogen (secondary N) is 1.